The van der Waals surface area contributed by atoms with E-state index in [0.717, 1.165) is 38.7 Å². The number of nitrogens with one attached hydrogen (secondary N) is 2. The summed E-state index contributed by atoms with van der Waals surface area (Å²) in [5.74, 6) is 0.918. The van der Waals surface area contributed by atoms with Crippen molar-refractivity contribution in [3.63, 3.8) is 0 Å². The Bertz CT molecular complexity index is 495. The minimum Gasteiger partial charge on any atom is -0.379 e. The Morgan fingerprint density at radius 1 is 1.21 bits per heavy atom. The molecular weight excluding hydrogens is 366 g/mol. The normalized spacial score (nSPS) is 27.7. The predicted octanol–water partition coefficient (Wildman–Crippen LogP) is 1.69. The Balaban J connectivity index is 1.58. The van der Waals surface area contributed by atoms with Crippen LogP contribution in [0.2, 0.25) is 0 Å². The minimum absolute atomic E-state index is 0.218. The first kappa shape index (κ1) is 22.8. The van der Waals surface area contributed by atoms with E-state index < -0.39 is 0 Å². The van der Waals surface area contributed by atoms with Gasteiger partial charge in [0.1, 0.15) is 0 Å². The first-order valence-corrected chi connectivity index (χ1v) is 11.8. The van der Waals surface area contributed by atoms with E-state index in [0.29, 0.717) is 6.61 Å². The number of nitrogens with zero attached hydrogens (tertiary/aromatic N) is 3. The van der Waals surface area contributed by atoms with Crippen LogP contribution >= 0.6 is 0 Å². The molecule has 0 aromatic heterocycles. The van der Waals surface area contributed by atoms with Gasteiger partial charge >= 0.3 is 0 Å². The first-order chi connectivity index (χ1) is 14.1. The number of aliphatic imine (C=N–C) groups is 1. The average molecular weight is 410 g/mol. The largest absolute Gasteiger partial charge is 0.379 e. The summed E-state index contributed by atoms with van der Waals surface area (Å²) < 4.78 is 11.4. The Labute approximate surface area is 177 Å². The number of hydrogen-bond acceptors (Lipinski definition) is 5. The molecule has 168 valence electrons. The highest BCUT2D eigenvalue weighted by molar-refractivity contribution is 5.80. The lowest BCUT2D eigenvalue weighted by Gasteiger charge is -2.49. The van der Waals surface area contributed by atoms with Gasteiger partial charge < -0.3 is 25.0 Å². The molecule has 3 rings (SSSR count). The smallest absolute Gasteiger partial charge is 0.191 e. The van der Waals surface area contributed by atoms with Crippen LogP contribution in [0.3, 0.4) is 0 Å². The minimum atomic E-state index is 0.218. The third kappa shape index (κ3) is 6.81. The monoisotopic (exact) mass is 409 g/mol. The molecule has 0 radical (unpaired) electrons. The summed E-state index contributed by atoms with van der Waals surface area (Å²) in [7, 11) is 2.24. The van der Waals surface area contributed by atoms with Crippen molar-refractivity contribution in [1.82, 2.24) is 20.4 Å². The maximum atomic E-state index is 5.98. The molecule has 0 aromatic carbocycles. The molecule has 0 bridgehead atoms. The van der Waals surface area contributed by atoms with E-state index in [1.54, 1.807) is 0 Å². The number of hydrogen-bond donors (Lipinski definition) is 2. The van der Waals surface area contributed by atoms with E-state index in [1.807, 2.05) is 0 Å². The van der Waals surface area contributed by atoms with Crippen LogP contribution in [0.5, 0.6) is 0 Å². The van der Waals surface area contributed by atoms with Gasteiger partial charge in [0.2, 0.25) is 0 Å². The van der Waals surface area contributed by atoms with Gasteiger partial charge in [-0.15, -0.1) is 0 Å². The summed E-state index contributed by atoms with van der Waals surface area (Å²) >= 11 is 0. The van der Waals surface area contributed by atoms with Gasteiger partial charge in [-0.25, -0.2) is 0 Å². The first-order valence-electron chi connectivity index (χ1n) is 11.8. The maximum Gasteiger partial charge on any atom is 0.191 e. The lowest BCUT2D eigenvalue weighted by Crippen LogP contribution is -2.58. The van der Waals surface area contributed by atoms with E-state index in [4.69, 9.17) is 14.5 Å². The molecule has 7 heteroatoms. The van der Waals surface area contributed by atoms with Crippen LogP contribution in [0.15, 0.2) is 4.99 Å². The van der Waals surface area contributed by atoms with Crippen LogP contribution < -0.4 is 10.6 Å². The average Bonchev–Trinajstić information content (AvgIpc) is 3.26. The van der Waals surface area contributed by atoms with Crippen molar-refractivity contribution in [2.45, 2.75) is 70.1 Å². The van der Waals surface area contributed by atoms with Crippen LogP contribution in [-0.2, 0) is 9.47 Å². The van der Waals surface area contributed by atoms with E-state index >= 15 is 0 Å². The summed E-state index contributed by atoms with van der Waals surface area (Å²) in [4.78, 5) is 10.3. The van der Waals surface area contributed by atoms with Crippen molar-refractivity contribution >= 4 is 5.96 Å². The zero-order valence-electron chi connectivity index (χ0n) is 18.9. The van der Waals surface area contributed by atoms with Gasteiger partial charge in [-0.2, -0.15) is 0 Å². The molecule has 3 saturated heterocycles. The van der Waals surface area contributed by atoms with Crippen molar-refractivity contribution in [3.8, 4) is 0 Å². The van der Waals surface area contributed by atoms with Crippen LogP contribution in [-0.4, -0.2) is 99.6 Å². The zero-order chi connectivity index (χ0) is 20.5. The predicted molar refractivity (Wildman–Crippen MR) is 119 cm³/mol. The van der Waals surface area contributed by atoms with Gasteiger partial charge in [0.05, 0.1) is 25.9 Å². The summed E-state index contributed by atoms with van der Waals surface area (Å²) in [5, 5.41) is 6.99. The third-order valence-electron chi connectivity index (χ3n) is 6.67. The second-order valence-corrected chi connectivity index (χ2v) is 9.13. The third-order valence-corrected chi connectivity index (χ3v) is 6.67. The van der Waals surface area contributed by atoms with E-state index in [1.165, 1.54) is 58.3 Å². The molecule has 3 heterocycles. The summed E-state index contributed by atoms with van der Waals surface area (Å²) in [5.41, 5.74) is 0.218. The molecule has 29 heavy (non-hydrogen) atoms. The Morgan fingerprint density at radius 3 is 2.62 bits per heavy atom. The quantitative estimate of drug-likeness (QED) is 0.470. The van der Waals surface area contributed by atoms with Crippen molar-refractivity contribution < 1.29 is 9.47 Å². The van der Waals surface area contributed by atoms with Gasteiger partial charge in [-0.3, -0.25) is 9.89 Å². The molecule has 0 amide bonds. The van der Waals surface area contributed by atoms with Crippen LogP contribution in [0.1, 0.15) is 52.4 Å². The molecule has 3 aliphatic heterocycles. The molecule has 3 aliphatic rings. The maximum absolute atomic E-state index is 5.98. The SMILES string of the molecule is CCNC(=NCC1(N2CCCCC2)CCN(C)CC1)NC(C)COC1CCOC1. The lowest BCUT2D eigenvalue weighted by atomic mass is 9.84. The van der Waals surface area contributed by atoms with Crippen molar-refractivity contribution in [3.05, 3.63) is 0 Å². The van der Waals surface area contributed by atoms with Gasteiger partial charge in [0.25, 0.3) is 0 Å². The molecule has 0 saturated carbocycles. The van der Waals surface area contributed by atoms with Crippen molar-refractivity contribution in [2.75, 3.05) is 66.1 Å². The standard InChI is InChI=1S/C22H43N5O2/c1-4-23-21(25-19(2)16-29-20-8-15-28-17-20)24-18-22(9-13-26(3)14-10-22)27-11-6-5-7-12-27/h19-20H,4-18H2,1-3H3,(H2,23,24,25). The molecule has 0 aliphatic carbocycles. The molecule has 2 atom stereocenters. The van der Waals surface area contributed by atoms with E-state index in [-0.39, 0.29) is 17.7 Å². The highest BCUT2D eigenvalue weighted by Crippen LogP contribution is 2.31. The Hall–Kier alpha value is -0.890. The zero-order valence-corrected chi connectivity index (χ0v) is 18.9. The van der Waals surface area contributed by atoms with Crippen molar-refractivity contribution in [1.29, 1.82) is 0 Å². The van der Waals surface area contributed by atoms with Crippen molar-refractivity contribution in [2.24, 2.45) is 4.99 Å². The molecule has 7 nitrogen and oxygen atoms in total. The van der Waals surface area contributed by atoms with Crippen LogP contribution in [0.4, 0.5) is 0 Å². The molecule has 0 spiro atoms. The topological polar surface area (TPSA) is 61.4 Å². The van der Waals surface area contributed by atoms with Crippen LogP contribution in [0.25, 0.3) is 0 Å². The molecule has 2 unspecified atom stereocenters. The Kier molecular flexibility index (Phi) is 9.03. The fraction of sp³-hybridized carbons (Fsp3) is 0.955. The van der Waals surface area contributed by atoms with Gasteiger partial charge in [0, 0.05) is 24.7 Å². The molecule has 0 aromatic rings. The Morgan fingerprint density at radius 2 is 1.97 bits per heavy atom. The summed E-state index contributed by atoms with van der Waals surface area (Å²) in [6.45, 7) is 13.1. The molecule has 2 N–H and O–H groups in total. The lowest BCUT2D eigenvalue weighted by molar-refractivity contribution is 0.0206. The second-order valence-electron chi connectivity index (χ2n) is 9.13. The van der Waals surface area contributed by atoms with E-state index in [9.17, 15) is 0 Å². The fourth-order valence-electron chi connectivity index (χ4n) is 4.72. The van der Waals surface area contributed by atoms with E-state index in [2.05, 4.69) is 41.3 Å². The summed E-state index contributed by atoms with van der Waals surface area (Å²) in [6.07, 6.45) is 7.73. The van der Waals surface area contributed by atoms with Gasteiger partial charge in [-0.1, -0.05) is 6.42 Å². The van der Waals surface area contributed by atoms with Crippen LogP contribution in [0, 0.1) is 0 Å². The molecule has 3 fully saturated rings. The number of guanidine groups is 1. The number of ether oxygens (including phenoxy) is 2. The van der Waals surface area contributed by atoms with Gasteiger partial charge in [-0.05, 0) is 79.2 Å². The number of piperidine rings is 2. The fourth-order valence-corrected chi connectivity index (χ4v) is 4.72. The second kappa shape index (κ2) is 11.5. The highest BCUT2D eigenvalue weighted by Gasteiger charge is 2.39. The summed E-state index contributed by atoms with van der Waals surface area (Å²) in [6, 6.07) is 0.219. The molecular formula is C22H43N5O2. The highest BCUT2D eigenvalue weighted by atomic mass is 16.5. The number of rotatable bonds is 8. The van der Waals surface area contributed by atoms with Gasteiger partial charge in [0.15, 0.2) is 5.96 Å². The number of likely N-dealkylation sites (tertiary alicyclic amines) is 2.